The lowest BCUT2D eigenvalue weighted by Gasteiger charge is -2.28. The first-order chi connectivity index (χ1) is 13.1. The summed E-state index contributed by atoms with van der Waals surface area (Å²) < 4.78 is 0. The van der Waals surface area contributed by atoms with E-state index >= 15 is 0 Å². The van der Waals surface area contributed by atoms with E-state index in [9.17, 15) is 4.79 Å². The van der Waals surface area contributed by atoms with Gasteiger partial charge in [-0.2, -0.15) is 0 Å². The summed E-state index contributed by atoms with van der Waals surface area (Å²) in [5.41, 5.74) is 7.04. The van der Waals surface area contributed by atoms with Crippen LogP contribution in [0.25, 0.3) is 11.3 Å². The Kier molecular flexibility index (Phi) is 5.07. The minimum atomic E-state index is -0.282. The molecule has 0 atom stereocenters. The van der Waals surface area contributed by atoms with E-state index in [1.54, 1.807) is 18.3 Å². The van der Waals surface area contributed by atoms with Crippen LogP contribution in [0.15, 0.2) is 54.9 Å². The number of halogens is 2. The van der Waals surface area contributed by atoms with Gasteiger partial charge in [-0.3, -0.25) is 15.2 Å². The van der Waals surface area contributed by atoms with Gasteiger partial charge in [-0.25, -0.2) is 9.99 Å². The van der Waals surface area contributed by atoms with Gasteiger partial charge in [-0.05, 0) is 41.8 Å². The first-order valence-electron chi connectivity index (χ1n) is 8.50. The molecule has 2 aromatic carbocycles. The van der Waals surface area contributed by atoms with Gasteiger partial charge in [0, 0.05) is 28.7 Å². The third-order valence-corrected chi connectivity index (χ3v) is 4.93. The van der Waals surface area contributed by atoms with E-state index in [-0.39, 0.29) is 11.6 Å². The van der Waals surface area contributed by atoms with Crippen molar-refractivity contribution in [2.75, 3.05) is 6.54 Å². The fraction of sp³-hybridized carbons (Fsp3) is 0.150. The highest BCUT2D eigenvalue weighted by atomic mass is 35.5. The van der Waals surface area contributed by atoms with E-state index in [1.165, 1.54) is 11.8 Å². The third kappa shape index (κ3) is 4.11. The van der Waals surface area contributed by atoms with E-state index < -0.39 is 0 Å². The summed E-state index contributed by atoms with van der Waals surface area (Å²) in [6, 6.07) is 13.1. The summed E-state index contributed by atoms with van der Waals surface area (Å²) in [4.78, 5) is 21.2. The van der Waals surface area contributed by atoms with Crippen LogP contribution in [0.4, 0.5) is 0 Å². The molecule has 7 heteroatoms. The minimum Gasteiger partial charge on any atom is -0.283 e. The number of amides is 1. The van der Waals surface area contributed by atoms with Crippen LogP contribution in [-0.4, -0.2) is 27.4 Å². The smallest absolute Gasteiger partial charge is 0.283 e. The minimum absolute atomic E-state index is 0.268. The molecule has 1 amide bonds. The highest BCUT2D eigenvalue weighted by molar-refractivity contribution is 6.30. The molecule has 0 saturated heterocycles. The summed E-state index contributed by atoms with van der Waals surface area (Å²) in [5, 5.41) is 3.27. The second-order valence-corrected chi connectivity index (χ2v) is 7.19. The van der Waals surface area contributed by atoms with Crippen molar-refractivity contribution in [3.8, 4) is 11.3 Å². The molecule has 0 saturated carbocycles. The molecule has 1 aromatic heterocycles. The van der Waals surface area contributed by atoms with Gasteiger partial charge < -0.3 is 0 Å². The van der Waals surface area contributed by atoms with Gasteiger partial charge in [-0.15, -0.1) is 0 Å². The predicted octanol–water partition coefficient (Wildman–Crippen LogP) is 4.15. The molecule has 0 fully saturated rings. The maximum absolute atomic E-state index is 12.6. The molecule has 0 unspecified atom stereocenters. The Labute approximate surface area is 166 Å². The molecule has 4 rings (SSSR count). The number of carbonyl (C=O) groups excluding carboxylic acids is 1. The van der Waals surface area contributed by atoms with E-state index in [2.05, 4.69) is 15.4 Å². The number of carbonyl (C=O) groups is 1. The second kappa shape index (κ2) is 7.64. The zero-order chi connectivity index (χ0) is 18.8. The zero-order valence-electron chi connectivity index (χ0n) is 14.3. The largest absolute Gasteiger partial charge is 0.285 e. The van der Waals surface area contributed by atoms with Gasteiger partial charge in [0.25, 0.3) is 5.91 Å². The Morgan fingerprint density at radius 2 is 1.78 bits per heavy atom. The number of nitrogens with one attached hydrogen (secondary N) is 1. The maximum Gasteiger partial charge on any atom is 0.285 e. The number of hydrazine groups is 1. The van der Waals surface area contributed by atoms with Crippen LogP contribution in [0.2, 0.25) is 10.0 Å². The number of aromatic nitrogens is 2. The highest BCUT2D eigenvalue weighted by Crippen LogP contribution is 2.22. The van der Waals surface area contributed by atoms with Crippen molar-refractivity contribution in [2.24, 2.45) is 0 Å². The van der Waals surface area contributed by atoms with Crippen LogP contribution < -0.4 is 5.43 Å². The second-order valence-electron chi connectivity index (χ2n) is 6.32. The lowest BCUT2D eigenvalue weighted by Crippen LogP contribution is -2.45. The van der Waals surface area contributed by atoms with Crippen molar-refractivity contribution in [2.45, 2.75) is 13.0 Å². The Morgan fingerprint density at radius 3 is 2.59 bits per heavy atom. The Morgan fingerprint density at radius 1 is 1.00 bits per heavy atom. The molecule has 1 N–H and O–H groups in total. The summed E-state index contributed by atoms with van der Waals surface area (Å²) in [7, 11) is 0. The van der Waals surface area contributed by atoms with Crippen LogP contribution >= 0.6 is 23.2 Å². The number of rotatable bonds is 3. The van der Waals surface area contributed by atoms with Gasteiger partial charge in [0.1, 0.15) is 5.69 Å². The molecule has 0 spiro atoms. The van der Waals surface area contributed by atoms with Gasteiger partial charge in [-0.1, -0.05) is 41.4 Å². The SMILES string of the molecule is O=C(NN1CCc2cc(Cl)ccc2C1)c1cncc(-c2ccc(Cl)cc2)n1. The molecule has 3 aromatic rings. The molecule has 5 nitrogen and oxygen atoms in total. The molecule has 136 valence electrons. The predicted molar refractivity (Wildman–Crippen MR) is 106 cm³/mol. The number of hydrogen-bond acceptors (Lipinski definition) is 4. The van der Waals surface area contributed by atoms with Crippen LogP contribution in [-0.2, 0) is 13.0 Å². The molecule has 27 heavy (non-hydrogen) atoms. The van der Waals surface area contributed by atoms with Gasteiger partial charge in [0.15, 0.2) is 0 Å². The van der Waals surface area contributed by atoms with E-state index in [0.717, 1.165) is 22.6 Å². The topological polar surface area (TPSA) is 58.1 Å². The first-order valence-corrected chi connectivity index (χ1v) is 9.25. The Balaban J connectivity index is 1.48. The van der Waals surface area contributed by atoms with Crippen molar-refractivity contribution in [3.63, 3.8) is 0 Å². The average molecular weight is 399 g/mol. The molecule has 0 radical (unpaired) electrons. The highest BCUT2D eigenvalue weighted by Gasteiger charge is 2.19. The zero-order valence-corrected chi connectivity index (χ0v) is 15.8. The molecular weight excluding hydrogens is 383 g/mol. The monoisotopic (exact) mass is 398 g/mol. The fourth-order valence-electron chi connectivity index (χ4n) is 3.05. The number of benzene rings is 2. The molecule has 2 heterocycles. The Hall–Kier alpha value is -2.47. The summed E-state index contributed by atoms with van der Waals surface area (Å²) in [6.45, 7) is 1.34. The normalized spacial score (nSPS) is 13.9. The molecule has 1 aliphatic rings. The van der Waals surface area contributed by atoms with Gasteiger partial charge >= 0.3 is 0 Å². The lowest BCUT2D eigenvalue weighted by molar-refractivity contribution is 0.0758. The van der Waals surface area contributed by atoms with Gasteiger partial charge in [0.2, 0.25) is 0 Å². The maximum atomic E-state index is 12.6. The summed E-state index contributed by atoms with van der Waals surface area (Å²) in [5.74, 6) is -0.282. The first kappa shape index (κ1) is 17.9. The standard InChI is InChI=1S/C20H16Cl2N4O/c21-16-4-1-13(2-5-16)18-10-23-11-19(24-18)20(27)25-26-8-7-14-9-17(22)6-3-15(14)12-26/h1-6,9-11H,7-8,12H2,(H,25,27). The van der Waals surface area contributed by atoms with Crippen molar-refractivity contribution in [1.82, 2.24) is 20.4 Å². The van der Waals surface area contributed by atoms with Crippen molar-refractivity contribution in [1.29, 1.82) is 0 Å². The Bertz CT molecular complexity index is 992. The number of hydrogen-bond donors (Lipinski definition) is 1. The summed E-state index contributed by atoms with van der Waals surface area (Å²) >= 11 is 12.0. The lowest BCUT2D eigenvalue weighted by atomic mass is 10.0. The quantitative estimate of drug-likeness (QED) is 0.719. The molecule has 0 bridgehead atoms. The number of fused-ring (bicyclic) bond motifs is 1. The molecule has 1 aliphatic heterocycles. The van der Waals surface area contributed by atoms with E-state index in [1.807, 2.05) is 35.3 Å². The van der Waals surface area contributed by atoms with Crippen molar-refractivity contribution >= 4 is 29.1 Å². The summed E-state index contributed by atoms with van der Waals surface area (Å²) in [6.07, 6.45) is 3.92. The van der Waals surface area contributed by atoms with Gasteiger partial charge in [0.05, 0.1) is 18.1 Å². The molecule has 0 aliphatic carbocycles. The van der Waals surface area contributed by atoms with E-state index in [4.69, 9.17) is 23.2 Å². The van der Waals surface area contributed by atoms with Crippen molar-refractivity contribution < 1.29 is 4.79 Å². The number of nitrogens with zero attached hydrogens (tertiary/aromatic N) is 3. The van der Waals surface area contributed by atoms with Crippen molar-refractivity contribution in [3.05, 3.63) is 81.7 Å². The molecular formula is C20H16Cl2N4O. The van der Waals surface area contributed by atoms with Crippen LogP contribution in [0.3, 0.4) is 0 Å². The van der Waals surface area contributed by atoms with Crippen LogP contribution in [0.1, 0.15) is 21.6 Å². The van der Waals surface area contributed by atoms with Crippen LogP contribution in [0, 0.1) is 0 Å². The average Bonchev–Trinajstić information content (AvgIpc) is 2.69. The van der Waals surface area contributed by atoms with E-state index in [0.29, 0.717) is 23.8 Å². The third-order valence-electron chi connectivity index (χ3n) is 4.45. The fourth-order valence-corrected chi connectivity index (χ4v) is 3.37. The van der Waals surface area contributed by atoms with Crippen LogP contribution in [0.5, 0.6) is 0 Å².